The summed E-state index contributed by atoms with van der Waals surface area (Å²) in [4.78, 5) is 18.1. The van der Waals surface area contributed by atoms with Gasteiger partial charge in [0.15, 0.2) is 0 Å². The fourth-order valence-corrected chi connectivity index (χ4v) is 1.59. The number of fused-ring (bicyclic) bond motifs is 1. The lowest BCUT2D eigenvalue weighted by molar-refractivity contribution is 0.0731. The van der Waals surface area contributed by atoms with Crippen LogP contribution in [0.5, 0.6) is 0 Å². The lowest BCUT2D eigenvalue weighted by Gasteiger charge is -2.10. The van der Waals surface area contributed by atoms with Crippen LogP contribution in [0.3, 0.4) is 0 Å². The number of nitrogens with one attached hydrogen (secondary N) is 1. The van der Waals surface area contributed by atoms with Gasteiger partial charge in [-0.2, -0.15) is 4.98 Å². The van der Waals surface area contributed by atoms with Gasteiger partial charge in [-0.15, -0.1) is 0 Å². The third kappa shape index (κ3) is 2.14. The van der Waals surface area contributed by atoms with E-state index >= 15 is 0 Å². The molecule has 0 saturated heterocycles. The second kappa shape index (κ2) is 4.49. The van der Waals surface area contributed by atoms with Crippen LogP contribution >= 0.6 is 0 Å². The van der Waals surface area contributed by atoms with E-state index in [1.165, 1.54) is 0 Å². The first kappa shape index (κ1) is 10.9. The van der Waals surface area contributed by atoms with Crippen molar-refractivity contribution in [2.45, 2.75) is 26.5 Å². The Labute approximate surface area is 93.1 Å². The van der Waals surface area contributed by atoms with E-state index < -0.39 is 0 Å². The smallest absolute Gasteiger partial charge is 0.296 e. The summed E-state index contributed by atoms with van der Waals surface area (Å²) >= 11 is 0. The van der Waals surface area contributed by atoms with Crippen molar-refractivity contribution < 1.29 is 4.74 Å². The monoisotopic (exact) mass is 221 g/mol. The lowest BCUT2D eigenvalue weighted by atomic mass is 10.4. The van der Waals surface area contributed by atoms with Crippen molar-refractivity contribution in [2.24, 2.45) is 0 Å². The van der Waals surface area contributed by atoms with Crippen molar-refractivity contribution in [3.8, 4) is 0 Å². The van der Waals surface area contributed by atoms with Crippen LogP contribution in [-0.2, 0) is 11.3 Å². The average molecular weight is 221 g/mol. The highest BCUT2D eigenvalue weighted by Crippen LogP contribution is 2.06. The Bertz CT molecular complexity index is 527. The quantitative estimate of drug-likeness (QED) is 0.842. The summed E-state index contributed by atoms with van der Waals surface area (Å²) in [5.74, 6) is 0. The third-order valence-corrected chi connectivity index (χ3v) is 2.35. The topological polar surface area (TPSA) is 59.9 Å². The number of rotatable bonds is 4. The standard InChI is InChI=1S/C11H15N3O2/c1-8(2)16-6-5-14-7-13-11(15)10-9(14)3-4-12-10/h3-4,7-8,12H,5-6H2,1-2H3. The Morgan fingerprint density at radius 1 is 1.56 bits per heavy atom. The summed E-state index contributed by atoms with van der Waals surface area (Å²) in [6, 6.07) is 1.87. The zero-order chi connectivity index (χ0) is 11.5. The third-order valence-electron chi connectivity index (χ3n) is 2.35. The highest BCUT2D eigenvalue weighted by atomic mass is 16.5. The summed E-state index contributed by atoms with van der Waals surface area (Å²) in [5, 5.41) is 0. The zero-order valence-electron chi connectivity index (χ0n) is 9.43. The number of aromatic nitrogens is 3. The van der Waals surface area contributed by atoms with E-state index in [2.05, 4.69) is 9.97 Å². The molecule has 5 heteroatoms. The molecular weight excluding hydrogens is 206 g/mol. The molecule has 16 heavy (non-hydrogen) atoms. The molecule has 0 radical (unpaired) electrons. The molecule has 1 N–H and O–H groups in total. The first-order chi connectivity index (χ1) is 7.68. The van der Waals surface area contributed by atoms with Crippen LogP contribution in [0.1, 0.15) is 13.8 Å². The molecule has 2 aromatic rings. The number of hydrogen-bond donors (Lipinski definition) is 1. The Balaban J connectivity index is 2.21. The molecule has 0 saturated carbocycles. The van der Waals surface area contributed by atoms with Gasteiger partial charge in [0.1, 0.15) is 5.52 Å². The molecule has 2 heterocycles. The number of nitrogens with zero attached hydrogens (tertiary/aromatic N) is 2. The highest BCUT2D eigenvalue weighted by Gasteiger charge is 2.04. The predicted octanol–water partition coefficient (Wildman–Crippen LogP) is 1.15. The minimum absolute atomic E-state index is 0.217. The molecule has 0 aliphatic carbocycles. The maximum Gasteiger partial charge on any atom is 0.296 e. The number of aromatic amines is 1. The van der Waals surface area contributed by atoms with Gasteiger partial charge in [0, 0.05) is 12.7 Å². The summed E-state index contributed by atoms with van der Waals surface area (Å²) in [6.07, 6.45) is 3.52. The molecule has 0 bridgehead atoms. The molecule has 0 amide bonds. The van der Waals surface area contributed by atoms with Crippen molar-refractivity contribution >= 4 is 11.0 Å². The summed E-state index contributed by atoms with van der Waals surface area (Å²) in [5.41, 5.74) is 1.19. The molecule has 2 aromatic heterocycles. The molecule has 0 aliphatic rings. The van der Waals surface area contributed by atoms with E-state index in [0.717, 1.165) is 5.52 Å². The molecule has 0 aliphatic heterocycles. The number of hydrogen-bond acceptors (Lipinski definition) is 3. The summed E-state index contributed by atoms with van der Waals surface area (Å²) < 4.78 is 7.38. The fraction of sp³-hybridized carbons (Fsp3) is 0.455. The van der Waals surface area contributed by atoms with E-state index in [1.807, 2.05) is 24.5 Å². The molecular formula is C11H15N3O2. The molecule has 2 rings (SSSR count). The van der Waals surface area contributed by atoms with Crippen molar-refractivity contribution in [1.82, 2.24) is 14.5 Å². The maximum absolute atomic E-state index is 11.4. The Morgan fingerprint density at radius 3 is 3.12 bits per heavy atom. The van der Waals surface area contributed by atoms with Crippen LogP contribution in [0.2, 0.25) is 0 Å². The van der Waals surface area contributed by atoms with E-state index in [-0.39, 0.29) is 11.7 Å². The van der Waals surface area contributed by atoms with Crippen molar-refractivity contribution in [2.75, 3.05) is 6.61 Å². The van der Waals surface area contributed by atoms with Gasteiger partial charge in [0.05, 0.1) is 24.6 Å². The predicted molar refractivity (Wildman–Crippen MR) is 61.4 cm³/mol. The minimum atomic E-state index is -0.221. The molecule has 0 fully saturated rings. The van der Waals surface area contributed by atoms with Crippen LogP contribution < -0.4 is 5.56 Å². The maximum atomic E-state index is 11.4. The molecule has 0 aromatic carbocycles. The number of H-pyrrole nitrogens is 1. The van der Waals surface area contributed by atoms with Crippen LogP contribution in [-0.4, -0.2) is 27.2 Å². The van der Waals surface area contributed by atoms with Gasteiger partial charge in [-0.3, -0.25) is 4.79 Å². The second-order valence-corrected chi connectivity index (χ2v) is 3.90. The normalized spacial score (nSPS) is 11.4. The molecule has 5 nitrogen and oxygen atoms in total. The van der Waals surface area contributed by atoms with E-state index in [1.54, 1.807) is 12.5 Å². The largest absolute Gasteiger partial charge is 0.377 e. The Morgan fingerprint density at radius 2 is 2.38 bits per heavy atom. The van der Waals surface area contributed by atoms with E-state index in [4.69, 9.17) is 4.74 Å². The zero-order valence-corrected chi connectivity index (χ0v) is 9.43. The van der Waals surface area contributed by atoms with Gasteiger partial charge < -0.3 is 14.3 Å². The van der Waals surface area contributed by atoms with Crippen LogP contribution in [0.4, 0.5) is 0 Å². The van der Waals surface area contributed by atoms with Crippen molar-refractivity contribution in [1.29, 1.82) is 0 Å². The molecule has 0 atom stereocenters. The first-order valence-electron chi connectivity index (χ1n) is 5.32. The SMILES string of the molecule is CC(C)OCCn1cnc(=O)c2[nH]ccc21. The molecule has 86 valence electrons. The van der Waals surface area contributed by atoms with Crippen LogP contribution in [0.15, 0.2) is 23.4 Å². The van der Waals surface area contributed by atoms with E-state index in [9.17, 15) is 4.79 Å². The van der Waals surface area contributed by atoms with Gasteiger partial charge in [-0.1, -0.05) is 0 Å². The fourth-order valence-electron chi connectivity index (χ4n) is 1.59. The Hall–Kier alpha value is -1.62. The number of ether oxygens (including phenoxy) is 1. The molecule has 0 spiro atoms. The van der Waals surface area contributed by atoms with Gasteiger partial charge >= 0.3 is 0 Å². The van der Waals surface area contributed by atoms with Crippen LogP contribution in [0.25, 0.3) is 11.0 Å². The van der Waals surface area contributed by atoms with E-state index in [0.29, 0.717) is 18.7 Å². The van der Waals surface area contributed by atoms with Gasteiger partial charge in [-0.05, 0) is 19.9 Å². The van der Waals surface area contributed by atoms with Crippen molar-refractivity contribution in [3.05, 3.63) is 28.9 Å². The van der Waals surface area contributed by atoms with Gasteiger partial charge in [0.25, 0.3) is 5.56 Å². The van der Waals surface area contributed by atoms with Gasteiger partial charge in [0.2, 0.25) is 0 Å². The molecule has 0 unspecified atom stereocenters. The first-order valence-corrected chi connectivity index (χ1v) is 5.32. The minimum Gasteiger partial charge on any atom is -0.377 e. The van der Waals surface area contributed by atoms with Crippen LogP contribution in [0, 0.1) is 0 Å². The van der Waals surface area contributed by atoms with Gasteiger partial charge in [-0.25, -0.2) is 0 Å². The summed E-state index contributed by atoms with van der Waals surface area (Å²) in [6.45, 7) is 5.30. The highest BCUT2D eigenvalue weighted by molar-refractivity contribution is 5.73. The lowest BCUT2D eigenvalue weighted by Crippen LogP contribution is -2.15. The Kier molecular flexibility index (Phi) is 3.05. The average Bonchev–Trinajstić information content (AvgIpc) is 2.70. The summed E-state index contributed by atoms with van der Waals surface area (Å²) in [7, 11) is 0. The van der Waals surface area contributed by atoms with Crippen molar-refractivity contribution in [3.63, 3.8) is 0 Å². The second-order valence-electron chi connectivity index (χ2n) is 3.90.